The molecule has 0 amide bonds. The number of carboxylic acids is 1. The van der Waals surface area contributed by atoms with E-state index in [9.17, 15) is 4.79 Å². The van der Waals surface area contributed by atoms with Gasteiger partial charge in [0.05, 0.1) is 6.54 Å². The number of likely N-dealkylation sites (N-methyl/N-ethyl adjacent to an activating group) is 1. The van der Waals surface area contributed by atoms with Crippen LogP contribution >= 0.6 is 0 Å². The minimum Gasteiger partial charge on any atom is -0.480 e. The predicted octanol–water partition coefficient (Wildman–Crippen LogP) is 1.62. The number of nitrogens with one attached hydrogen (secondary N) is 2. The van der Waals surface area contributed by atoms with Gasteiger partial charge in [-0.15, -0.1) is 0 Å². The van der Waals surface area contributed by atoms with E-state index in [2.05, 4.69) is 27.5 Å². The first-order valence-electron chi connectivity index (χ1n) is 8.62. The zero-order valence-electron chi connectivity index (χ0n) is 14.5. The van der Waals surface area contributed by atoms with Crippen LogP contribution in [0.25, 0.3) is 0 Å². The SMILES string of the molecule is CCCCNc1cc(NC2CC(N(CC)CC(=O)O)C2)nc(N)n1. The second-order valence-corrected chi connectivity index (χ2v) is 6.20. The minimum atomic E-state index is -0.778. The average Bonchev–Trinajstić information content (AvgIpc) is 2.48. The normalized spacial score (nSPS) is 19.8. The molecule has 5 N–H and O–H groups in total. The summed E-state index contributed by atoms with van der Waals surface area (Å²) in [5.41, 5.74) is 5.78. The van der Waals surface area contributed by atoms with E-state index in [0.717, 1.165) is 44.6 Å². The molecule has 8 nitrogen and oxygen atoms in total. The summed E-state index contributed by atoms with van der Waals surface area (Å²) in [5, 5.41) is 15.6. The van der Waals surface area contributed by atoms with Gasteiger partial charge in [0.1, 0.15) is 11.6 Å². The molecule has 0 saturated heterocycles. The van der Waals surface area contributed by atoms with Crippen molar-refractivity contribution in [1.29, 1.82) is 0 Å². The average molecular weight is 336 g/mol. The number of carbonyl (C=O) groups is 1. The Hall–Kier alpha value is -2.09. The highest BCUT2D eigenvalue weighted by Gasteiger charge is 2.34. The first-order chi connectivity index (χ1) is 11.5. The van der Waals surface area contributed by atoms with Gasteiger partial charge >= 0.3 is 5.97 Å². The van der Waals surface area contributed by atoms with Crippen molar-refractivity contribution in [2.45, 2.75) is 51.6 Å². The van der Waals surface area contributed by atoms with Crippen molar-refractivity contribution in [3.05, 3.63) is 6.07 Å². The van der Waals surface area contributed by atoms with Gasteiger partial charge in [0.15, 0.2) is 0 Å². The Morgan fingerprint density at radius 2 is 2.08 bits per heavy atom. The predicted molar refractivity (Wildman–Crippen MR) is 95.2 cm³/mol. The highest BCUT2D eigenvalue weighted by molar-refractivity contribution is 5.69. The quantitative estimate of drug-likeness (QED) is 0.476. The zero-order chi connectivity index (χ0) is 17.5. The van der Waals surface area contributed by atoms with E-state index in [1.54, 1.807) is 0 Å². The third kappa shape index (κ3) is 5.23. The molecule has 0 unspecified atom stereocenters. The third-order valence-corrected chi connectivity index (χ3v) is 4.31. The number of carboxylic acid groups (broad SMARTS) is 1. The van der Waals surface area contributed by atoms with Crippen LogP contribution in [0.15, 0.2) is 6.07 Å². The van der Waals surface area contributed by atoms with Crippen LogP contribution in [0.5, 0.6) is 0 Å². The van der Waals surface area contributed by atoms with Gasteiger partial charge in [0.2, 0.25) is 5.95 Å². The van der Waals surface area contributed by atoms with Gasteiger partial charge in [0, 0.05) is 24.7 Å². The molecule has 1 aliphatic rings. The second-order valence-electron chi connectivity index (χ2n) is 6.20. The number of hydrogen-bond acceptors (Lipinski definition) is 7. The summed E-state index contributed by atoms with van der Waals surface area (Å²) in [6, 6.07) is 2.47. The van der Waals surface area contributed by atoms with Gasteiger partial charge in [-0.1, -0.05) is 20.3 Å². The molecule has 0 spiro atoms. The molecule has 0 bridgehead atoms. The van der Waals surface area contributed by atoms with Gasteiger partial charge in [-0.05, 0) is 25.8 Å². The van der Waals surface area contributed by atoms with Crippen LogP contribution in [0.1, 0.15) is 39.5 Å². The Balaban J connectivity index is 1.85. The van der Waals surface area contributed by atoms with Crippen molar-refractivity contribution < 1.29 is 9.90 Å². The summed E-state index contributed by atoms with van der Waals surface area (Å²) in [6.07, 6.45) is 4.01. The number of unbranched alkanes of at least 4 members (excludes halogenated alkanes) is 1. The Morgan fingerprint density at radius 1 is 1.38 bits per heavy atom. The van der Waals surface area contributed by atoms with Gasteiger partial charge in [-0.2, -0.15) is 9.97 Å². The fourth-order valence-corrected chi connectivity index (χ4v) is 2.91. The fourth-order valence-electron chi connectivity index (χ4n) is 2.91. The maximum Gasteiger partial charge on any atom is 0.317 e. The maximum absolute atomic E-state index is 10.9. The van der Waals surface area contributed by atoms with Crippen LogP contribution in [-0.4, -0.2) is 57.7 Å². The van der Waals surface area contributed by atoms with Crippen molar-refractivity contribution in [2.75, 3.05) is 36.0 Å². The zero-order valence-corrected chi connectivity index (χ0v) is 14.5. The van der Waals surface area contributed by atoms with Crippen LogP contribution in [0, 0.1) is 0 Å². The second kappa shape index (κ2) is 8.68. The number of hydrogen-bond donors (Lipinski definition) is 4. The number of nitrogens with zero attached hydrogens (tertiary/aromatic N) is 3. The summed E-state index contributed by atoms with van der Waals surface area (Å²) in [6.45, 7) is 5.83. The van der Waals surface area contributed by atoms with E-state index >= 15 is 0 Å². The van der Waals surface area contributed by atoms with E-state index in [1.807, 2.05) is 17.9 Å². The highest BCUT2D eigenvalue weighted by atomic mass is 16.4. The van der Waals surface area contributed by atoms with Crippen molar-refractivity contribution in [3.8, 4) is 0 Å². The first kappa shape index (κ1) is 18.3. The smallest absolute Gasteiger partial charge is 0.317 e. The van der Waals surface area contributed by atoms with Gasteiger partial charge in [0.25, 0.3) is 0 Å². The van der Waals surface area contributed by atoms with Gasteiger partial charge < -0.3 is 21.5 Å². The molecule has 24 heavy (non-hydrogen) atoms. The van der Waals surface area contributed by atoms with Gasteiger partial charge in [-0.25, -0.2) is 0 Å². The molecule has 0 aromatic carbocycles. The number of aromatic nitrogens is 2. The number of nitrogen functional groups attached to an aromatic ring is 1. The first-order valence-corrected chi connectivity index (χ1v) is 8.62. The van der Waals surface area contributed by atoms with Crippen molar-refractivity contribution >= 4 is 23.6 Å². The summed E-state index contributed by atoms with van der Waals surface area (Å²) in [4.78, 5) is 21.3. The van der Waals surface area contributed by atoms with Crippen molar-refractivity contribution in [3.63, 3.8) is 0 Å². The lowest BCUT2D eigenvalue weighted by atomic mass is 9.85. The lowest BCUT2D eigenvalue weighted by molar-refractivity contribution is -0.139. The number of nitrogens with two attached hydrogens (primary N) is 1. The molecule has 1 saturated carbocycles. The standard InChI is InChI=1S/C16H28N6O2/c1-3-5-6-18-13-9-14(21-16(17)20-13)19-11-7-12(8-11)22(4-2)10-15(23)24/h9,11-12H,3-8,10H2,1-2H3,(H,23,24)(H4,17,18,19,20,21). The molecule has 2 rings (SSSR count). The summed E-state index contributed by atoms with van der Waals surface area (Å²) in [5.74, 6) is 0.914. The monoisotopic (exact) mass is 336 g/mol. The maximum atomic E-state index is 10.9. The van der Waals surface area contributed by atoms with E-state index in [1.165, 1.54) is 0 Å². The van der Waals surface area contributed by atoms with E-state index in [4.69, 9.17) is 10.8 Å². The van der Waals surface area contributed by atoms with Crippen LogP contribution in [0.3, 0.4) is 0 Å². The topological polar surface area (TPSA) is 116 Å². The van der Waals surface area contributed by atoms with Crippen molar-refractivity contribution in [1.82, 2.24) is 14.9 Å². The number of rotatable bonds is 10. The Kier molecular flexibility index (Phi) is 6.60. The number of anilines is 3. The largest absolute Gasteiger partial charge is 0.480 e. The Labute approximate surface area is 142 Å². The Bertz CT molecular complexity index is 547. The van der Waals surface area contributed by atoms with E-state index < -0.39 is 5.97 Å². The van der Waals surface area contributed by atoms with Crippen LogP contribution < -0.4 is 16.4 Å². The molecule has 1 fully saturated rings. The molecule has 134 valence electrons. The van der Waals surface area contributed by atoms with Crippen LogP contribution in [-0.2, 0) is 4.79 Å². The van der Waals surface area contributed by atoms with Gasteiger partial charge in [-0.3, -0.25) is 9.69 Å². The molecule has 1 heterocycles. The molecule has 1 aliphatic carbocycles. The molecule has 1 aromatic heterocycles. The van der Waals surface area contributed by atoms with E-state index in [-0.39, 0.29) is 18.5 Å². The molecular formula is C16H28N6O2. The summed E-state index contributed by atoms with van der Waals surface area (Å²) >= 11 is 0. The summed E-state index contributed by atoms with van der Waals surface area (Å²) < 4.78 is 0. The minimum absolute atomic E-state index is 0.0971. The molecular weight excluding hydrogens is 308 g/mol. The lowest BCUT2D eigenvalue weighted by Gasteiger charge is -2.42. The molecule has 1 aromatic rings. The third-order valence-electron chi connectivity index (χ3n) is 4.31. The lowest BCUT2D eigenvalue weighted by Crippen LogP contribution is -2.51. The van der Waals surface area contributed by atoms with Crippen molar-refractivity contribution in [2.24, 2.45) is 0 Å². The number of aliphatic carboxylic acids is 1. The van der Waals surface area contributed by atoms with E-state index in [0.29, 0.717) is 11.9 Å². The molecule has 0 aliphatic heterocycles. The molecule has 8 heteroatoms. The molecule has 0 atom stereocenters. The Morgan fingerprint density at radius 3 is 2.71 bits per heavy atom. The summed E-state index contributed by atoms with van der Waals surface area (Å²) in [7, 11) is 0. The highest BCUT2D eigenvalue weighted by Crippen LogP contribution is 2.28. The fraction of sp³-hybridized carbons (Fsp3) is 0.688. The van der Waals surface area contributed by atoms with Crippen LogP contribution in [0.2, 0.25) is 0 Å². The van der Waals surface area contributed by atoms with Crippen LogP contribution in [0.4, 0.5) is 17.6 Å². The molecule has 0 radical (unpaired) electrons.